The van der Waals surface area contributed by atoms with Crippen molar-refractivity contribution in [2.45, 2.75) is 55.3 Å². The lowest BCUT2D eigenvalue weighted by atomic mass is 9.93. The third-order valence-corrected chi connectivity index (χ3v) is 7.42. The zero-order valence-corrected chi connectivity index (χ0v) is 19.4. The molecule has 33 heavy (non-hydrogen) atoms. The number of aromatic nitrogens is 4. The van der Waals surface area contributed by atoms with E-state index in [9.17, 15) is 9.90 Å². The van der Waals surface area contributed by atoms with Gasteiger partial charge < -0.3 is 25.0 Å². The zero-order valence-electron chi connectivity index (χ0n) is 18.6. The van der Waals surface area contributed by atoms with Crippen LogP contribution in [0.25, 0.3) is 11.2 Å². The van der Waals surface area contributed by atoms with Crippen molar-refractivity contribution in [3.05, 3.63) is 30.1 Å². The molecule has 2 aliphatic rings. The number of rotatable bonds is 6. The number of piperidine rings is 1. The highest BCUT2D eigenvalue weighted by Gasteiger charge is 2.26. The third kappa shape index (κ3) is 4.49. The lowest BCUT2D eigenvalue weighted by molar-refractivity contribution is -0.140. The lowest BCUT2D eigenvalue weighted by Crippen LogP contribution is -2.43. The molecule has 3 aromatic rings. The van der Waals surface area contributed by atoms with Gasteiger partial charge in [-0.15, -0.1) is 0 Å². The Morgan fingerprint density at radius 3 is 2.94 bits per heavy atom. The van der Waals surface area contributed by atoms with E-state index in [1.54, 1.807) is 16.7 Å². The maximum absolute atomic E-state index is 12.0. The maximum Gasteiger partial charge on any atom is 0.251 e. The first-order valence-electron chi connectivity index (χ1n) is 11.4. The highest BCUT2D eigenvalue weighted by atomic mass is 32.2. The van der Waals surface area contributed by atoms with Crippen molar-refractivity contribution in [2.75, 3.05) is 25.4 Å². The Morgan fingerprint density at radius 1 is 1.33 bits per heavy atom. The number of nitrogens with zero attached hydrogens (tertiary/aromatic N) is 5. The van der Waals surface area contributed by atoms with E-state index in [1.807, 2.05) is 6.07 Å². The first kappa shape index (κ1) is 22.0. The number of carbonyl (C=O) groups excluding carboxylic acids is 1. The minimum absolute atomic E-state index is 0.181. The second-order valence-electron chi connectivity index (χ2n) is 8.68. The second kappa shape index (κ2) is 9.18. The molecule has 0 unspecified atom stereocenters. The minimum atomic E-state index is -0.936. The molecule has 1 fully saturated rings. The topological polar surface area (TPSA) is 119 Å². The van der Waals surface area contributed by atoms with Crippen LogP contribution >= 0.6 is 11.8 Å². The van der Waals surface area contributed by atoms with Crippen LogP contribution in [0.2, 0.25) is 0 Å². The number of carbonyl (C=O) groups is 1. The van der Waals surface area contributed by atoms with Crippen LogP contribution in [0.3, 0.4) is 0 Å². The van der Waals surface area contributed by atoms with Crippen molar-refractivity contribution in [2.24, 2.45) is 5.92 Å². The number of nitrogen functional groups attached to an aromatic ring is 1. The molecule has 9 nitrogen and oxygen atoms in total. The Bertz CT molecular complexity index is 1170. The van der Waals surface area contributed by atoms with Crippen molar-refractivity contribution in [3.8, 4) is 5.75 Å². The van der Waals surface area contributed by atoms with Gasteiger partial charge in [0.25, 0.3) is 5.91 Å². The summed E-state index contributed by atoms with van der Waals surface area (Å²) in [5, 5.41) is 10.4. The van der Waals surface area contributed by atoms with Crippen LogP contribution in [-0.2, 0) is 17.8 Å². The van der Waals surface area contributed by atoms with E-state index in [1.165, 1.54) is 18.8 Å². The number of anilines is 1. The van der Waals surface area contributed by atoms with Gasteiger partial charge in [-0.2, -0.15) is 0 Å². The van der Waals surface area contributed by atoms with Crippen LogP contribution < -0.4 is 10.5 Å². The quantitative estimate of drug-likeness (QED) is 0.566. The van der Waals surface area contributed by atoms with E-state index in [4.69, 9.17) is 15.5 Å². The van der Waals surface area contributed by atoms with Crippen molar-refractivity contribution in [1.29, 1.82) is 0 Å². The summed E-state index contributed by atoms with van der Waals surface area (Å²) in [6, 6.07) is 6.25. The van der Waals surface area contributed by atoms with Gasteiger partial charge in [0, 0.05) is 31.0 Å². The summed E-state index contributed by atoms with van der Waals surface area (Å²) in [5.41, 5.74) is 8.70. The number of aliphatic hydroxyl groups is 1. The van der Waals surface area contributed by atoms with Gasteiger partial charge in [-0.3, -0.25) is 4.79 Å². The van der Waals surface area contributed by atoms with Gasteiger partial charge >= 0.3 is 0 Å². The molecule has 0 aliphatic carbocycles. The Balaban J connectivity index is 1.33. The number of hydrogen-bond acceptors (Lipinski definition) is 8. The number of benzene rings is 1. The van der Waals surface area contributed by atoms with Crippen molar-refractivity contribution in [3.63, 3.8) is 0 Å². The van der Waals surface area contributed by atoms with E-state index < -0.39 is 6.10 Å². The molecular weight excluding hydrogens is 440 g/mol. The van der Waals surface area contributed by atoms with Crippen LogP contribution in [0.15, 0.2) is 34.6 Å². The normalized spacial score (nSPS) is 17.2. The maximum atomic E-state index is 12.0. The van der Waals surface area contributed by atoms with Gasteiger partial charge in [0.2, 0.25) is 0 Å². The molecule has 1 saturated heterocycles. The summed E-state index contributed by atoms with van der Waals surface area (Å²) in [6.45, 7) is 4.40. The monoisotopic (exact) mass is 468 g/mol. The smallest absolute Gasteiger partial charge is 0.251 e. The van der Waals surface area contributed by atoms with Gasteiger partial charge in [-0.05, 0) is 55.9 Å². The van der Waals surface area contributed by atoms with Gasteiger partial charge in [0.05, 0.1) is 6.61 Å². The molecule has 2 aliphatic heterocycles. The molecule has 2 aromatic heterocycles. The van der Waals surface area contributed by atoms with Crippen molar-refractivity contribution < 1.29 is 14.6 Å². The fraction of sp³-hybridized carbons (Fsp3) is 0.478. The van der Waals surface area contributed by atoms with Gasteiger partial charge in [0.15, 0.2) is 22.1 Å². The highest BCUT2D eigenvalue weighted by molar-refractivity contribution is 7.99. The van der Waals surface area contributed by atoms with Gasteiger partial charge in [0.1, 0.15) is 18.2 Å². The van der Waals surface area contributed by atoms with E-state index >= 15 is 0 Å². The molecule has 0 spiro atoms. The number of likely N-dealkylation sites (tertiary alicyclic amines) is 1. The first-order chi connectivity index (χ1) is 16.0. The SMILES string of the molecule is C[C@H](O)C(=O)N1CCC(CCn2c(Sc3ccc4c(c3)CCO4)nc3c(N)ncnc32)CC1. The van der Waals surface area contributed by atoms with E-state index in [0.29, 0.717) is 30.3 Å². The summed E-state index contributed by atoms with van der Waals surface area (Å²) in [5.74, 6) is 1.66. The van der Waals surface area contributed by atoms with Gasteiger partial charge in [-0.1, -0.05) is 11.8 Å². The summed E-state index contributed by atoms with van der Waals surface area (Å²) in [7, 11) is 0. The highest BCUT2D eigenvalue weighted by Crippen LogP contribution is 2.35. The number of nitrogens with two attached hydrogens (primary N) is 1. The molecule has 1 aromatic carbocycles. The molecule has 5 rings (SSSR count). The molecule has 1 atom stereocenters. The number of imidazole rings is 1. The van der Waals surface area contributed by atoms with Crippen LogP contribution in [-0.4, -0.2) is 61.2 Å². The summed E-state index contributed by atoms with van der Waals surface area (Å²) in [6.07, 6.45) is 4.28. The number of fused-ring (bicyclic) bond motifs is 2. The molecule has 0 radical (unpaired) electrons. The average Bonchev–Trinajstić information content (AvgIpc) is 3.42. The Morgan fingerprint density at radius 2 is 2.15 bits per heavy atom. The number of aryl methyl sites for hydroxylation is 1. The average molecular weight is 469 g/mol. The van der Waals surface area contributed by atoms with Crippen LogP contribution in [0, 0.1) is 5.92 Å². The predicted octanol–water partition coefficient (Wildman–Crippen LogP) is 2.50. The van der Waals surface area contributed by atoms with Crippen LogP contribution in [0.4, 0.5) is 5.82 Å². The van der Waals surface area contributed by atoms with Crippen molar-refractivity contribution in [1.82, 2.24) is 24.4 Å². The summed E-state index contributed by atoms with van der Waals surface area (Å²) < 4.78 is 7.76. The van der Waals surface area contributed by atoms with Crippen LogP contribution in [0.5, 0.6) is 5.75 Å². The lowest BCUT2D eigenvalue weighted by Gasteiger charge is -2.32. The molecule has 0 saturated carbocycles. The minimum Gasteiger partial charge on any atom is -0.493 e. The van der Waals surface area contributed by atoms with Crippen LogP contribution in [0.1, 0.15) is 31.7 Å². The second-order valence-corrected chi connectivity index (χ2v) is 9.72. The molecule has 1 amide bonds. The third-order valence-electron chi connectivity index (χ3n) is 6.44. The van der Waals surface area contributed by atoms with E-state index in [0.717, 1.165) is 60.3 Å². The summed E-state index contributed by atoms with van der Waals surface area (Å²) >= 11 is 1.60. The largest absolute Gasteiger partial charge is 0.493 e. The molecule has 0 bridgehead atoms. The zero-order chi connectivity index (χ0) is 22.9. The number of ether oxygens (including phenoxy) is 1. The number of aliphatic hydroxyl groups excluding tert-OH is 1. The van der Waals surface area contributed by atoms with Crippen molar-refractivity contribution >= 4 is 34.7 Å². The van der Waals surface area contributed by atoms with E-state index in [-0.39, 0.29) is 5.91 Å². The fourth-order valence-corrected chi connectivity index (χ4v) is 5.54. The Labute approximate surface area is 196 Å². The number of hydrogen-bond donors (Lipinski definition) is 2. The molecule has 174 valence electrons. The first-order valence-corrected chi connectivity index (χ1v) is 12.2. The molecule has 10 heteroatoms. The summed E-state index contributed by atoms with van der Waals surface area (Å²) in [4.78, 5) is 28.3. The molecular formula is C23H28N6O3S. The standard InChI is InChI=1S/C23H28N6O3S/c1-14(30)22(31)28-8-4-15(5-9-28)6-10-29-21-19(20(24)25-13-26-21)27-23(29)33-17-2-3-18-16(12-17)7-11-32-18/h2-3,12-15,30H,4-11H2,1H3,(H2,24,25,26)/t14-/m0/s1. The molecule has 3 N–H and O–H groups in total. The Kier molecular flexibility index (Phi) is 6.11. The Hall–Kier alpha value is -2.85. The number of amides is 1. The fourth-order valence-electron chi connectivity index (χ4n) is 4.56. The van der Waals surface area contributed by atoms with E-state index in [2.05, 4.69) is 26.7 Å². The predicted molar refractivity (Wildman–Crippen MR) is 125 cm³/mol. The molecule has 4 heterocycles. The van der Waals surface area contributed by atoms with Gasteiger partial charge in [-0.25, -0.2) is 15.0 Å².